The van der Waals surface area contributed by atoms with E-state index in [1.165, 1.54) is 12.1 Å². The summed E-state index contributed by atoms with van der Waals surface area (Å²) in [4.78, 5) is 14.1. The molecule has 1 N–H and O–H groups in total. The molecule has 1 heterocycles. The highest BCUT2D eigenvalue weighted by atomic mass is 19.3. The highest BCUT2D eigenvalue weighted by Crippen LogP contribution is 2.26. The zero-order valence-electron chi connectivity index (χ0n) is 15.0. The molecule has 0 bridgehead atoms. The van der Waals surface area contributed by atoms with E-state index in [4.69, 9.17) is 10.00 Å². The first-order valence-corrected chi connectivity index (χ1v) is 8.73. The number of nitrogens with zero attached hydrogens (tertiary/aromatic N) is 2. The van der Waals surface area contributed by atoms with Gasteiger partial charge in [0.05, 0.1) is 24.8 Å². The predicted molar refractivity (Wildman–Crippen MR) is 96.7 cm³/mol. The number of nitrogens with one attached hydrogen (secondary N) is 1. The van der Waals surface area contributed by atoms with Crippen LogP contribution in [0.4, 0.5) is 13.6 Å². The fourth-order valence-electron chi connectivity index (χ4n) is 2.97. The van der Waals surface area contributed by atoms with E-state index in [0.29, 0.717) is 37.4 Å². The number of urea groups is 1. The Kier molecular flexibility index (Phi) is 6.40. The molecule has 2 aromatic carbocycles. The summed E-state index contributed by atoms with van der Waals surface area (Å²) in [6, 6.07) is 15.1. The van der Waals surface area contributed by atoms with E-state index in [1.54, 1.807) is 35.2 Å². The Morgan fingerprint density at radius 3 is 2.93 bits per heavy atom. The molecule has 8 heteroatoms. The third-order valence-corrected chi connectivity index (χ3v) is 4.31. The molecule has 1 fully saturated rings. The molecule has 0 aromatic heterocycles. The van der Waals surface area contributed by atoms with Gasteiger partial charge < -0.3 is 19.7 Å². The van der Waals surface area contributed by atoms with Crippen molar-refractivity contribution in [3.8, 4) is 11.8 Å². The van der Waals surface area contributed by atoms with Gasteiger partial charge in [0.1, 0.15) is 11.9 Å². The number of nitriles is 1. The van der Waals surface area contributed by atoms with Gasteiger partial charge in [0.15, 0.2) is 0 Å². The Hall–Kier alpha value is -3.18. The van der Waals surface area contributed by atoms with E-state index < -0.39 is 12.7 Å². The van der Waals surface area contributed by atoms with Crippen LogP contribution >= 0.6 is 0 Å². The van der Waals surface area contributed by atoms with Gasteiger partial charge in [-0.15, -0.1) is 0 Å². The molecule has 0 radical (unpaired) electrons. The van der Waals surface area contributed by atoms with Crippen molar-refractivity contribution in [1.29, 1.82) is 5.26 Å². The monoisotopic (exact) mass is 387 g/mol. The molecule has 146 valence electrons. The number of carbonyl (C=O) groups is 1. The Bertz CT molecular complexity index is 870. The molecule has 1 atom stereocenters. The van der Waals surface area contributed by atoms with Gasteiger partial charge in [-0.05, 0) is 35.4 Å². The molecule has 2 aromatic rings. The van der Waals surface area contributed by atoms with Crippen LogP contribution in [0, 0.1) is 11.3 Å². The second kappa shape index (κ2) is 9.15. The molecule has 0 saturated carbocycles. The summed E-state index contributed by atoms with van der Waals surface area (Å²) < 4.78 is 34.9. The third-order valence-electron chi connectivity index (χ3n) is 4.31. The van der Waals surface area contributed by atoms with Gasteiger partial charge >= 0.3 is 12.6 Å². The summed E-state index contributed by atoms with van der Waals surface area (Å²) in [7, 11) is 0. The standard InChI is InChI=1S/C20H19F2N3O3/c21-19(22)28-17-6-2-5-16(10-17)18-13-25(7-8-27-18)20(26)24-12-15-4-1-3-14(9-15)11-23/h1-6,9-10,18-19H,7-8,12-13H2,(H,24,26)/t18-/m0/s1. The number of hydrogen-bond donors (Lipinski definition) is 1. The fraction of sp³-hybridized carbons (Fsp3) is 0.300. The number of carbonyl (C=O) groups excluding carboxylic acids is 1. The van der Waals surface area contributed by atoms with Gasteiger partial charge in [0.25, 0.3) is 0 Å². The number of benzene rings is 2. The molecule has 1 aliphatic rings. The topological polar surface area (TPSA) is 74.6 Å². The molecule has 1 saturated heterocycles. The number of alkyl halides is 2. The first kappa shape index (κ1) is 19.6. The van der Waals surface area contributed by atoms with Crippen molar-refractivity contribution >= 4 is 6.03 Å². The lowest BCUT2D eigenvalue weighted by Crippen LogP contribution is -2.46. The SMILES string of the molecule is N#Cc1cccc(CNC(=O)N2CCO[C@H](c3cccc(OC(F)F)c3)C2)c1. The van der Waals surface area contributed by atoms with Gasteiger partial charge in [-0.25, -0.2) is 4.79 Å². The lowest BCUT2D eigenvalue weighted by Gasteiger charge is -2.33. The summed E-state index contributed by atoms with van der Waals surface area (Å²) in [5.41, 5.74) is 2.02. The van der Waals surface area contributed by atoms with Gasteiger partial charge in [-0.3, -0.25) is 0 Å². The Labute approximate surface area is 161 Å². The molecule has 3 rings (SSSR count). The molecule has 28 heavy (non-hydrogen) atoms. The zero-order chi connectivity index (χ0) is 19.9. The van der Waals surface area contributed by atoms with Crippen molar-refractivity contribution in [3.63, 3.8) is 0 Å². The van der Waals surface area contributed by atoms with Crippen molar-refractivity contribution in [1.82, 2.24) is 10.2 Å². The molecule has 2 amide bonds. The van der Waals surface area contributed by atoms with Crippen molar-refractivity contribution < 1.29 is 23.0 Å². The van der Waals surface area contributed by atoms with E-state index in [2.05, 4.69) is 16.1 Å². The summed E-state index contributed by atoms with van der Waals surface area (Å²) >= 11 is 0. The molecular formula is C20H19F2N3O3. The van der Waals surface area contributed by atoms with Crippen LogP contribution in [0.25, 0.3) is 0 Å². The average molecular weight is 387 g/mol. The molecular weight excluding hydrogens is 368 g/mol. The molecule has 6 nitrogen and oxygen atoms in total. The minimum atomic E-state index is -2.90. The van der Waals surface area contributed by atoms with Gasteiger partial charge in [0.2, 0.25) is 0 Å². The van der Waals surface area contributed by atoms with E-state index in [1.807, 2.05) is 6.07 Å². The van der Waals surface area contributed by atoms with Crippen molar-refractivity contribution in [2.75, 3.05) is 19.7 Å². The summed E-state index contributed by atoms with van der Waals surface area (Å²) in [5, 5.41) is 11.8. The van der Waals surface area contributed by atoms with Crippen LogP contribution in [0.5, 0.6) is 5.75 Å². The largest absolute Gasteiger partial charge is 0.435 e. The number of hydrogen-bond acceptors (Lipinski definition) is 4. The minimum absolute atomic E-state index is 0.0510. The van der Waals surface area contributed by atoms with Crippen LogP contribution in [0.2, 0.25) is 0 Å². The maximum Gasteiger partial charge on any atom is 0.387 e. The van der Waals surface area contributed by atoms with Crippen LogP contribution < -0.4 is 10.1 Å². The number of halogens is 2. The Morgan fingerprint density at radius 2 is 2.14 bits per heavy atom. The summed E-state index contributed by atoms with van der Waals surface area (Å²) in [6.07, 6.45) is -0.428. The van der Waals surface area contributed by atoms with Gasteiger partial charge in [-0.1, -0.05) is 24.3 Å². The first-order chi connectivity index (χ1) is 13.5. The smallest absolute Gasteiger partial charge is 0.387 e. The van der Waals surface area contributed by atoms with E-state index >= 15 is 0 Å². The second-order valence-electron chi connectivity index (χ2n) is 6.23. The normalized spacial score (nSPS) is 16.5. The predicted octanol–water partition coefficient (Wildman–Crippen LogP) is 3.44. The zero-order valence-corrected chi connectivity index (χ0v) is 15.0. The van der Waals surface area contributed by atoms with Crippen molar-refractivity contribution in [2.45, 2.75) is 19.3 Å². The highest BCUT2D eigenvalue weighted by Gasteiger charge is 2.25. The van der Waals surface area contributed by atoms with Crippen LogP contribution in [0.15, 0.2) is 48.5 Å². The maximum absolute atomic E-state index is 12.5. The first-order valence-electron chi connectivity index (χ1n) is 8.73. The lowest BCUT2D eigenvalue weighted by molar-refractivity contribution is -0.0503. The quantitative estimate of drug-likeness (QED) is 0.853. The van der Waals surface area contributed by atoms with Crippen LogP contribution in [-0.4, -0.2) is 37.2 Å². The van der Waals surface area contributed by atoms with Crippen LogP contribution in [-0.2, 0) is 11.3 Å². The van der Waals surface area contributed by atoms with E-state index in [-0.39, 0.29) is 11.8 Å². The number of amides is 2. The molecule has 1 aliphatic heterocycles. The Morgan fingerprint density at radius 1 is 1.32 bits per heavy atom. The fourth-order valence-corrected chi connectivity index (χ4v) is 2.97. The highest BCUT2D eigenvalue weighted by molar-refractivity contribution is 5.74. The summed E-state index contributed by atoms with van der Waals surface area (Å²) in [5.74, 6) is 0.0510. The number of morpholine rings is 1. The van der Waals surface area contributed by atoms with Gasteiger partial charge in [0, 0.05) is 13.1 Å². The Balaban J connectivity index is 1.59. The van der Waals surface area contributed by atoms with Crippen LogP contribution in [0.1, 0.15) is 22.8 Å². The van der Waals surface area contributed by atoms with E-state index in [0.717, 1.165) is 5.56 Å². The molecule has 0 spiro atoms. The summed E-state index contributed by atoms with van der Waals surface area (Å²) in [6.45, 7) is -1.55. The molecule has 0 unspecified atom stereocenters. The molecule has 0 aliphatic carbocycles. The van der Waals surface area contributed by atoms with E-state index in [9.17, 15) is 13.6 Å². The second-order valence-corrected chi connectivity index (χ2v) is 6.23. The number of rotatable bonds is 5. The lowest BCUT2D eigenvalue weighted by atomic mass is 10.1. The number of ether oxygens (including phenoxy) is 2. The minimum Gasteiger partial charge on any atom is -0.435 e. The third kappa shape index (κ3) is 5.18. The van der Waals surface area contributed by atoms with Gasteiger partial charge in [-0.2, -0.15) is 14.0 Å². The average Bonchev–Trinajstić information content (AvgIpc) is 2.72. The maximum atomic E-state index is 12.5. The van der Waals surface area contributed by atoms with Crippen molar-refractivity contribution in [2.24, 2.45) is 0 Å². The van der Waals surface area contributed by atoms with Crippen molar-refractivity contribution in [3.05, 3.63) is 65.2 Å². The van der Waals surface area contributed by atoms with Crippen LogP contribution in [0.3, 0.4) is 0 Å².